The smallest absolute Gasteiger partial charge is 0.243 e. The van der Waals surface area contributed by atoms with Crippen molar-refractivity contribution in [2.24, 2.45) is 5.84 Å². The fourth-order valence-electron chi connectivity index (χ4n) is 2.20. The Morgan fingerprint density at radius 3 is 2.70 bits per heavy atom. The zero-order valence-corrected chi connectivity index (χ0v) is 12.8. The van der Waals surface area contributed by atoms with Crippen LogP contribution in [0.4, 0.5) is 5.82 Å². The molecule has 0 atom stereocenters. The first-order chi connectivity index (χ1) is 9.27. The number of sulfonamides is 1. The molecule has 1 aliphatic heterocycles. The Hall–Kier alpha value is -1.22. The minimum Gasteiger partial charge on any atom is -0.308 e. The Labute approximate surface area is 119 Å². The van der Waals surface area contributed by atoms with Gasteiger partial charge in [0.1, 0.15) is 5.82 Å². The molecular formula is C12H21N5O2S. The molecule has 20 heavy (non-hydrogen) atoms. The quantitative estimate of drug-likeness (QED) is 0.607. The van der Waals surface area contributed by atoms with Gasteiger partial charge in [-0.1, -0.05) is 0 Å². The maximum absolute atomic E-state index is 12.7. The molecular weight excluding hydrogens is 278 g/mol. The third-order valence-electron chi connectivity index (χ3n) is 3.80. The van der Waals surface area contributed by atoms with Gasteiger partial charge in [0.05, 0.1) is 4.90 Å². The lowest BCUT2D eigenvalue weighted by Gasteiger charge is -2.44. The Bertz CT molecular complexity index is 587. The largest absolute Gasteiger partial charge is 0.308 e. The van der Waals surface area contributed by atoms with Crippen molar-refractivity contribution in [3.05, 3.63) is 18.3 Å². The maximum Gasteiger partial charge on any atom is 0.243 e. The van der Waals surface area contributed by atoms with E-state index in [4.69, 9.17) is 5.84 Å². The SMILES string of the molecule is CN1CCN(S(=O)(=O)c2ccnc(NN)c2)CC1(C)C. The van der Waals surface area contributed by atoms with Gasteiger partial charge in [-0.2, -0.15) is 4.31 Å². The van der Waals surface area contributed by atoms with Crippen molar-refractivity contribution in [1.29, 1.82) is 0 Å². The summed E-state index contributed by atoms with van der Waals surface area (Å²) in [5.74, 6) is 5.61. The minimum atomic E-state index is -3.52. The van der Waals surface area contributed by atoms with Crippen LogP contribution in [0.5, 0.6) is 0 Å². The van der Waals surface area contributed by atoms with Crippen molar-refractivity contribution >= 4 is 15.8 Å². The predicted octanol–water partition coefficient (Wildman–Crippen LogP) is 0.0819. The molecule has 0 radical (unpaired) electrons. The Balaban J connectivity index is 2.31. The minimum absolute atomic E-state index is 0.187. The van der Waals surface area contributed by atoms with E-state index in [9.17, 15) is 8.42 Å². The van der Waals surface area contributed by atoms with E-state index in [0.29, 0.717) is 25.5 Å². The summed E-state index contributed by atoms with van der Waals surface area (Å²) in [6, 6.07) is 2.93. The second-order valence-electron chi connectivity index (χ2n) is 5.59. The van der Waals surface area contributed by atoms with Gasteiger partial charge in [0, 0.05) is 37.4 Å². The molecule has 1 aliphatic rings. The molecule has 3 N–H and O–H groups in total. The first-order valence-electron chi connectivity index (χ1n) is 6.41. The van der Waals surface area contributed by atoms with Gasteiger partial charge < -0.3 is 5.43 Å². The summed E-state index contributed by atoms with van der Waals surface area (Å²) in [5.41, 5.74) is 2.18. The van der Waals surface area contributed by atoms with E-state index in [1.54, 1.807) is 0 Å². The van der Waals surface area contributed by atoms with Gasteiger partial charge in [-0.05, 0) is 27.0 Å². The van der Waals surface area contributed by atoms with Crippen LogP contribution in [-0.4, -0.2) is 54.8 Å². The molecule has 112 valence electrons. The van der Waals surface area contributed by atoms with Crippen LogP contribution >= 0.6 is 0 Å². The Morgan fingerprint density at radius 2 is 2.10 bits per heavy atom. The molecule has 2 heterocycles. The van der Waals surface area contributed by atoms with Crippen LogP contribution < -0.4 is 11.3 Å². The highest BCUT2D eigenvalue weighted by molar-refractivity contribution is 7.89. The molecule has 1 aromatic heterocycles. The molecule has 0 aliphatic carbocycles. The average Bonchev–Trinajstić information content (AvgIpc) is 2.41. The van der Waals surface area contributed by atoms with Crippen molar-refractivity contribution in [2.45, 2.75) is 24.3 Å². The van der Waals surface area contributed by atoms with Crippen molar-refractivity contribution in [3.8, 4) is 0 Å². The summed E-state index contributed by atoms with van der Waals surface area (Å²) in [6.45, 7) is 5.72. The number of pyridine rings is 1. The van der Waals surface area contributed by atoms with Gasteiger partial charge in [0.15, 0.2) is 0 Å². The number of likely N-dealkylation sites (N-methyl/N-ethyl adjacent to an activating group) is 1. The number of hydrazine groups is 1. The van der Waals surface area contributed by atoms with Crippen LogP contribution in [0, 0.1) is 0 Å². The van der Waals surface area contributed by atoms with E-state index in [1.165, 1.54) is 22.6 Å². The lowest BCUT2D eigenvalue weighted by atomic mass is 10.0. The van der Waals surface area contributed by atoms with E-state index in [1.807, 2.05) is 20.9 Å². The van der Waals surface area contributed by atoms with E-state index in [-0.39, 0.29) is 10.4 Å². The molecule has 1 aromatic rings. The first-order valence-corrected chi connectivity index (χ1v) is 7.85. The number of hydrogen-bond acceptors (Lipinski definition) is 6. The van der Waals surface area contributed by atoms with Crippen LogP contribution in [0.15, 0.2) is 23.2 Å². The number of aromatic nitrogens is 1. The predicted molar refractivity (Wildman–Crippen MR) is 77.5 cm³/mol. The molecule has 0 aromatic carbocycles. The fraction of sp³-hybridized carbons (Fsp3) is 0.583. The van der Waals surface area contributed by atoms with Crippen molar-refractivity contribution in [1.82, 2.24) is 14.2 Å². The number of hydrogen-bond donors (Lipinski definition) is 2. The van der Waals surface area contributed by atoms with Gasteiger partial charge >= 0.3 is 0 Å². The Morgan fingerprint density at radius 1 is 1.40 bits per heavy atom. The number of piperazine rings is 1. The molecule has 0 spiro atoms. The van der Waals surface area contributed by atoms with Gasteiger partial charge in [0.25, 0.3) is 0 Å². The highest BCUT2D eigenvalue weighted by atomic mass is 32.2. The average molecular weight is 299 g/mol. The van der Waals surface area contributed by atoms with E-state index in [2.05, 4.69) is 15.3 Å². The molecule has 8 heteroatoms. The van der Waals surface area contributed by atoms with Crippen LogP contribution in [0.1, 0.15) is 13.8 Å². The van der Waals surface area contributed by atoms with Gasteiger partial charge in [-0.15, -0.1) is 0 Å². The molecule has 0 amide bonds. The highest BCUT2D eigenvalue weighted by Crippen LogP contribution is 2.25. The summed E-state index contributed by atoms with van der Waals surface area (Å²) in [7, 11) is -1.51. The number of nitrogen functional groups attached to an aromatic ring is 1. The van der Waals surface area contributed by atoms with Crippen LogP contribution in [0.3, 0.4) is 0 Å². The highest BCUT2D eigenvalue weighted by Gasteiger charge is 2.37. The molecule has 0 bridgehead atoms. The summed E-state index contributed by atoms with van der Waals surface area (Å²) in [4.78, 5) is 6.30. The second-order valence-corrected chi connectivity index (χ2v) is 7.53. The normalized spacial score (nSPS) is 20.8. The lowest BCUT2D eigenvalue weighted by Crippen LogP contribution is -2.58. The third kappa shape index (κ3) is 2.78. The molecule has 0 unspecified atom stereocenters. The summed E-state index contributed by atoms with van der Waals surface area (Å²) >= 11 is 0. The van der Waals surface area contributed by atoms with Gasteiger partial charge in [0.2, 0.25) is 10.0 Å². The van der Waals surface area contributed by atoms with Crippen molar-refractivity contribution in [3.63, 3.8) is 0 Å². The van der Waals surface area contributed by atoms with Crippen LogP contribution in [0.25, 0.3) is 0 Å². The standard InChI is InChI=1S/C12H21N5O2S/c1-12(2)9-17(7-6-16(12)3)20(18,19)10-4-5-14-11(8-10)15-13/h4-5,8H,6-7,9,13H2,1-3H3,(H,14,15). The Kier molecular flexibility index (Phi) is 4.01. The monoisotopic (exact) mass is 299 g/mol. The van der Waals surface area contributed by atoms with E-state index >= 15 is 0 Å². The zero-order valence-electron chi connectivity index (χ0n) is 12.0. The maximum atomic E-state index is 12.7. The van der Waals surface area contributed by atoms with Gasteiger partial charge in [-0.25, -0.2) is 19.2 Å². The third-order valence-corrected chi connectivity index (χ3v) is 5.64. The fourth-order valence-corrected chi connectivity index (χ4v) is 3.80. The molecule has 1 saturated heterocycles. The molecule has 1 fully saturated rings. The van der Waals surface area contributed by atoms with E-state index in [0.717, 1.165) is 0 Å². The second kappa shape index (κ2) is 5.28. The number of anilines is 1. The number of nitrogens with two attached hydrogens (primary N) is 1. The molecule has 0 saturated carbocycles. The van der Waals surface area contributed by atoms with Crippen molar-refractivity contribution < 1.29 is 8.42 Å². The molecule has 7 nitrogen and oxygen atoms in total. The summed E-state index contributed by atoms with van der Waals surface area (Å²) in [5, 5.41) is 0. The van der Waals surface area contributed by atoms with Crippen LogP contribution in [0.2, 0.25) is 0 Å². The topological polar surface area (TPSA) is 91.6 Å². The van der Waals surface area contributed by atoms with E-state index < -0.39 is 10.0 Å². The number of rotatable bonds is 3. The number of nitrogens with zero attached hydrogens (tertiary/aromatic N) is 3. The molecule has 2 rings (SSSR count). The first kappa shape index (κ1) is 15.2. The lowest BCUT2D eigenvalue weighted by molar-refractivity contribution is 0.0801. The van der Waals surface area contributed by atoms with Crippen molar-refractivity contribution in [2.75, 3.05) is 32.1 Å². The van der Waals surface area contributed by atoms with Crippen LogP contribution in [-0.2, 0) is 10.0 Å². The summed E-state index contributed by atoms with van der Waals surface area (Å²) < 4.78 is 26.8. The number of nitrogens with one attached hydrogen (secondary N) is 1. The van der Waals surface area contributed by atoms with Gasteiger partial charge in [-0.3, -0.25) is 4.90 Å². The summed E-state index contributed by atoms with van der Waals surface area (Å²) in [6.07, 6.45) is 1.43. The zero-order chi connectivity index (χ0) is 15.0.